The van der Waals surface area contributed by atoms with Crippen molar-refractivity contribution in [3.8, 4) is 0 Å². The average molecular weight is 266 g/mol. The zero-order chi connectivity index (χ0) is 13.3. The van der Waals surface area contributed by atoms with Crippen molar-refractivity contribution >= 4 is 10.0 Å². The van der Waals surface area contributed by atoms with E-state index >= 15 is 0 Å². The van der Waals surface area contributed by atoms with Crippen LogP contribution >= 0.6 is 0 Å². The Morgan fingerprint density at radius 3 is 2.29 bits per heavy atom. The molecule has 0 spiro atoms. The Balaban J connectivity index is 3.57. The minimum absolute atomic E-state index is 0.0305. The normalized spacial score (nSPS) is 12.6. The van der Waals surface area contributed by atoms with Crippen molar-refractivity contribution in [3.63, 3.8) is 0 Å². The highest BCUT2D eigenvalue weighted by molar-refractivity contribution is 7.89. The van der Waals surface area contributed by atoms with Gasteiger partial charge in [-0.3, -0.25) is 0 Å². The monoisotopic (exact) mass is 266 g/mol. The molecule has 0 aromatic carbocycles. The summed E-state index contributed by atoms with van der Waals surface area (Å²) in [6.07, 6.45) is 0.864. The highest BCUT2D eigenvalue weighted by atomic mass is 32.2. The van der Waals surface area contributed by atoms with E-state index in [4.69, 9.17) is 4.74 Å². The summed E-state index contributed by atoms with van der Waals surface area (Å²) in [7, 11) is -3.18. The quantitative estimate of drug-likeness (QED) is 0.572. The van der Waals surface area contributed by atoms with Gasteiger partial charge in [0.05, 0.1) is 18.5 Å². The van der Waals surface area contributed by atoms with E-state index in [2.05, 4.69) is 23.9 Å². The van der Waals surface area contributed by atoms with Crippen LogP contribution in [0, 0.1) is 0 Å². The predicted molar refractivity (Wildman–Crippen MR) is 70.6 cm³/mol. The first-order valence-corrected chi connectivity index (χ1v) is 7.81. The van der Waals surface area contributed by atoms with Gasteiger partial charge in [-0.15, -0.1) is 0 Å². The number of hydrogen-bond acceptors (Lipinski definition) is 4. The van der Waals surface area contributed by atoms with Gasteiger partial charge in [0.25, 0.3) is 0 Å². The molecule has 17 heavy (non-hydrogen) atoms. The SMILES string of the molecule is CC(C)NCCCNS(=O)(=O)CCOC(C)C. The Kier molecular flexibility index (Phi) is 8.77. The van der Waals surface area contributed by atoms with Crippen LogP contribution in [-0.2, 0) is 14.8 Å². The highest BCUT2D eigenvalue weighted by Crippen LogP contribution is 1.91. The molecule has 0 fully saturated rings. The number of rotatable bonds is 10. The molecule has 0 rings (SSSR count). The molecular weight excluding hydrogens is 240 g/mol. The standard InChI is InChI=1S/C11H26N2O3S/c1-10(2)12-6-5-7-13-17(14,15)9-8-16-11(3)4/h10-13H,5-9H2,1-4H3. The first-order valence-electron chi connectivity index (χ1n) is 6.16. The van der Waals surface area contributed by atoms with Crippen molar-refractivity contribution in [3.05, 3.63) is 0 Å². The summed E-state index contributed by atoms with van der Waals surface area (Å²) in [5.74, 6) is 0.0305. The first-order chi connectivity index (χ1) is 7.83. The number of nitrogens with one attached hydrogen (secondary N) is 2. The second kappa shape index (κ2) is 8.85. The van der Waals surface area contributed by atoms with Gasteiger partial charge < -0.3 is 10.1 Å². The fourth-order valence-corrected chi connectivity index (χ4v) is 2.09. The molecule has 0 saturated heterocycles. The van der Waals surface area contributed by atoms with Crippen LogP contribution in [0.15, 0.2) is 0 Å². The zero-order valence-corrected chi connectivity index (χ0v) is 12.1. The Hall–Kier alpha value is -0.170. The molecule has 0 bridgehead atoms. The maximum atomic E-state index is 11.5. The van der Waals surface area contributed by atoms with Crippen molar-refractivity contribution in [2.75, 3.05) is 25.4 Å². The average Bonchev–Trinajstić information content (AvgIpc) is 2.15. The second-order valence-electron chi connectivity index (χ2n) is 4.60. The fourth-order valence-electron chi connectivity index (χ4n) is 1.17. The fraction of sp³-hybridized carbons (Fsp3) is 1.00. The van der Waals surface area contributed by atoms with Crippen LogP contribution in [0.5, 0.6) is 0 Å². The predicted octanol–water partition coefficient (Wildman–Crippen LogP) is 0.719. The van der Waals surface area contributed by atoms with Gasteiger partial charge in [0.2, 0.25) is 10.0 Å². The molecule has 0 aromatic heterocycles. The summed E-state index contributed by atoms with van der Waals surface area (Å²) in [6.45, 7) is 9.44. The van der Waals surface area contributed by atoms with Crippen LogP contribution in [0.1, 0.15) is 34.1 Å². The maximum Gasteiger partial charge on any atom is 0.213 e. The van der Waals surface area contributed by atoms with Gasteiger partial charge in [0, 0.05) is 12.6 Å². The van der Waals surface area contributed by atoms with Gasteiger partial charge in [-0.25, -0.2) is 13.1 Å². The minimum atomic E-state index is -3.18. The lowest BCUT2D eigenvalue weighted by Crippen LogP contribution is -2.32. The minimum Gasteiger partial charge on any atom is -0.378 e. The Bertz CT molecular complexity index is 276. The summed E-state index contributed by atoms with van der Waals surface area (Å²) in [5.41, 5.74) is 0. The van der Waals surface area contributed by atoms with E-state index < -0.39 is 10.0 Å². The van der Waals surface area contributed by atoms with E-state index in [1.807, 2.05) is 13.8 Å². The third kappa shape index (κ3) is 12.1. The van der Waals surface area contributed by atoms with E-state index in [1.165, 1.54) is 0 Å². The van der Waals surface area contributed by atoms with Crippen molar-refractivity contribution in [1.82, 2.24) is 10.0 Å². The van der Waals surface area contributed by atoms with Gasteiger partial charge in [-0.1, -0.05) is 13.8 Å². The third-order valence-corrected chi connectivity index (χ3v) is 3.38. The number of sulfonamides is 1. The molecule has 0 aliphatic rings. The summed E-state index contributed by atoms with van der Waals surface area (Å²) in [4.78, 5) is 0. The van der Waals surface area contributed by atoms with Crippen molar-refractivity contribution in [2.24, 2.45) is 0 Å². The second-order valence-corrected chi connectivity index (χ2v) is 6.52. The van der Waals surface area contributed by atoms with Gasteiger partial charge >= 0.3 is 0 Å². The molecule has 0 aliphatic heterocycles. The molecule has 0 heterocycles. The molecule has 0 saturated carbocycles. The first kappa shape index (κ1) is 16.8. The molecule has 104 valence electrons. The molecule has 5 nitrogen and oxygen atoms in total. The lowest BCUT2D eigenvalue weighted by Gasteiger charge is -2.10. The van der Waals surface area contributed by atoms with Gasteiger partial charge in [0.1, 0.15) is 0 Å². The van der Waals surface area contributed by atoms with Gasteiger partial charge in [-0.05, 0) is 26.8 Å². The summed E-state index contributed by atoms with van der Waals surface area (Å²) >= 11 is 0. The molecule has 0 amide bonds. The van der Waals surface area contributed by atoms with Crippen molar-refractivity contribution < 1.29 is 13.2 Å². The van der Waals surface area contributed by atoms with E-state index in [9.17, 15) is 8.42 Å². The zero-order valence-electron chi connectivity index (χ0n) is 11.3. The van der Waals surface area contributed by atoms with E-state index in [0.717, 1.165) is 13.0 Å². The van der Waals surface area contributed by atoms with E-state index in [0.29, 0.717) is 12.6 Å². The van der Waals surface area contributed by atoms with Crippen molar-refractivity contribution in [1.29, 1.82) is 0 Å². The molecule has 2 N–H and O–H groups in total. The van der Waals surface area contributed by atoms with Crippen LogP contribution in [0.4, 0.5) is 0 Å². The third-order valence-electron chi connectivity index (χ3n) is 2.03. The summed E-state index contributed by atoms with van der Waals surface area (Å²) < 4.78 is 30.8. The van der Waals surface area contributed by atoms with E-state index in [1.54, 1.807) is 0 Å². The Labute approximate surface area is 105 Å². The van der Waals surface area contributed by atoms with E-state index in [-0.39, 0.29) is 18.5 Å². The molecule has 6 heteroatoms. The smallest absolute Gasteiger partial charge is 0.213 e. The largest absolute Gasteiger partial charge is 0.378 e. The van der Waals surface area contributed by atoms with Gasteiger partial charge in [0.15, 0.2) is 0 Å². The van der Waals surface area contributed by atoms with Crippen LogP contribution in [0.2, 0.25) is 0 Å². The topological polar surface area (TPSA) is 67.4 Å². The maximum absolute atomic E-state index is 11.5. The Morgan fingerprint density at radius 2 is 1.76 bits per heavy atom. The molecule has 0 aliphatic carbocycles. The lowest BCUT2D eigenvalue weighted by atomic mass is 10.3. The lowest BCUT2D eigenvalue weighted by molar-refractivity contribution is 0.0911. The van der Waals surface area contributed by atoms with Crippen LogP contribution < -0.4 is 10.0 Å². The molecule has 0 aromatic rings. The number of ether oxygens (including phenoxy) is 1. The number of hydrogen-bond donors (Lipinski definition) is 2. The Morgan fingerprint density at radius 1 is 1.12 bits per heavy atom. The molecule has 0 atom stereocenters. The molecular formula is C11H26N2O3S. The van der Waals surface area contributed by atoms with Crippen molar-refractivity contribution in [2.45, 2.75) is 46.3 Å². The van der Waals surface area contributed by atoms with Crippen LogP contribution in [-0.4, -0.2) is 46.0 Å². The highest BCUT2D eigenvalue weighted by Gasteiger charge is 2.09. The van der Waals surface area contributed by atoms with Crippen LogP contribution in [0.25, 0.3) is 0 Å². The summed E-state index contributed by atoms with van der Waals surface area (Å²) in [6, 6.07) is 0.436. The molecule has 0 unspecified atom stereocenters. The molecule has 0 radical (unpaired) electrons. The van der Waals surface area contributed by atoms with Crippen LogP contribution in [0.3, 0.4) is 0 Å². The summed E-state index contributed by atoms with van der Waals surface area (Å²) in [5, 5.41) is 3.23. The van der Waals surface area contributed by atoms with Gasteiger partial charge in [-0.2, -0.15) is 0 Å².